The molecule has 162 valence electrons. The molecule has 6 nitrogen and oxygen atoms in total. The molecule has 0 bridgehead atoms. The zero-order valence-electron chi connectivity index (χ0n) is 18.1. The number of hydrogen-bond acceptors (Lipinski definition) is 6. The van der Waals surface area contributed by atoms with Crippen molar-refractivity contribution in [2.45, 2.75) is 24.8 Å². The second kappa shape index (κ2) is 8.38. The molecule has 0 unspecified atom stereocenters. The number of hydrogen-bond donors (Lipinski definition) is 2. The van der Waals surface area contributed by atoms with E-state index in [0.29, 0.717) is 12.8 Å². The summed E-state index contributed by atoms with van der Waals surface area (Å²) in [5.74, 6) is 1.62. The first-order valence-corrected chi connectivity index (χ1v) is 10.7. The van der Waals surface area contributed by atoms with Crippen molar-refractivity contribution in [2.24, 2.45) is 0 Å². The van der Waals surface area contributed by atoms with Crippen molar-refractivity contribution in [1.29, 1.82) is 0 Å². The van der Waals surface area contributed by atoms with Crippen LogP contribution in [-0.4, -0.2) is 25.0 Å². The lowest BCUT2D eigenvalue weighted by Crippen LogP contribution is -2.27. The van der Waals surface area contributed by atoms with Crippen LogP contribution in [0.15, 0.2) is 78.3 Å². The predicted octanol–water partition coefficient (Wildman–Crippen LogP) is 5.08. The molecule has 32 heavy (non-hydrogen) atoms. The maximum absolute atomic E-state index is 13.6. The van der Waals surface area contributed by atoms with E-state index in [1.807, 2.05) is 60.8 Å². The van der Waals surface area contributed by atoms with Gasteiger partial charge in [0, 0.05) is 41.6 Å². The predicted molar refractivity (Wildman–Crippen MR) is 124 cm³/mol. The maximum atomic E-state index is 13.6. The van der Waals surface area contributed by atoms with Crippen LogP contribution < -0.4 is 20.1 Å². The number of fused-ring (bicyclic) bond motifs is 1. The molecule has 2 atom stereocenters. The Morgan fingerprint density at radius 2 is 1.81 bits per heavy atom. The van der Waals surface area contributed by atoms with Gasteiger partial charge in [0.15, 0.2) is 5.78 Å². The van der Waals surface area contributed by atoms with Crippen LogP contribution in [0.4, 0.5) is 11.4 Å². The number of anilines is 2. The molecule has 0 spiro atoms. The number of carbonyl (C=O) groups is 1. The van der Waals surface area contributed by atoms with E-state index < -0.39 is 0 Å². The van der Waals surface area contributed by atoms with Crippen molar-refractivity contribution in [3.63, 3.8) is 0 Å². The molecular formula is C26H25N3O3. The van der Waals surface area contributed by atoms with E-state index >= 15 is 0 Å². The van der Waals surface area contributed by atoms with Gasteiger partial charge in [-0.3, -0.25) is 9.78 Å². The number of nitrogens with zero attached hydrogens (tertiary/aromatic N) is 1. The molecule has 5 rings (SSSR count). The highest BCUT2D eigenvalue weighted by Crippen LogP contribution is 2.46. The monoisotopic (exact) mass is 427 g/mol. The van der Waals surface area contributed by atoms with Gasteiger partial charge < -0.3 is 20.1 Å². The Bertz CT molecular complexity index is 1190. The molecule has 2 N–H and O–H groups in total. The van der Waals surface area contributed by atoms with Crippen LogP contribution in [0.25, 0.3) is 0 Å². The van der Waals surface area contributed by atoms with Crippen LogP contribution in [-0.2, 0) is 4.79 Å². The Morgan fingerprint density at radius 3 is 2.56 bits per heavy atom. The average Bonchev–Trinajstić information content (AvgIpc) is 3.01. The third-order valence-electron chi connectivity index (χ3n) is 6.20. The van der Waals surface area contributed by atoms with E-state index in [-0.39, 0.29) is 17.7 Å². The molecule has 6 heteroatoms. The smallest absolute Gasteiger partial charge is 0.163 e. The lowest BCUT2D eigenvalue weighted by Gasteiger charge is -2.30. The number of allylic oxidation sites excluding steroid dienone is 1. The minimum Gasteiger partial charge on any atom is -0.497 e. The highest BCUT2D eigenvalue weighted by atomic mass is 16.5. The summed E-state index contributed by atoms with van der Waals surface area (Å²) >= 11 is 0. The Kier molecular flexibility index (Phi) is 5.27. The summed E-state index contributed by atoms with van der Waals surface area (Å²) in [6, 6.07) is 17.4. The number of benzene rings is 2. The summed E-state index contributed by atoms with van der Waals surface area (Å²) in [6.07, 6.45) is 4.66. The highest BCUT2D eigenvalue weighted by Gasteiger charge is 2.37. The van der Waals surface area contributed by atoms with Crippen molar-refractivity contribution in [2.75, 3.05) is 24.9 Å². The first kappa shape index (κ1) is 20.1. The zero-order chi connectivity index (χ0) is 22.1. The quantitative estimate of drug-likeness (QED) is 0.605. The number of carbonyl (C=O) groups excluding carboxylic acids is 1. The van der Waals surface area contributed by atoms with Crippen molar-refractivity contribution < 1.29 is 14.3 Å². The minimum absolute atomic E-state index is 0.0152. The number of pyridine rings is 1. The van der Waals surface area contributed by atoms with Crippen LogP contribution in [0.2, 0.25) is 0 Å². The summed E-state index contributed by atoms with van der Waals surface area (Å²) in [7, 11) is 3.30. The first-order valence-electron chi connectivity index (χ1n) is 10.7. The maximum Gasteiger partial charge on any atom is 0.163 e. The van der Waals surface area contributed by atoms with E-state index in [1.54, 1.807) is 20.4 Å². The molecule has 0 saturated heterocycles. The molecule has 3 aromatic rings. The summed E-state index contributed by atoms with van der Waals surface area (Å²) in [6.45, 7) is 0. The molecule has 1 aliphatic carbocycles. The Balaban J connectivity index is 1.61. The number of rotatable bonds is 4. The van der Waals surface area contributed by atoms with Crippen LogP contribution in [0, 0.1) is 0 Å². The van der Waals surface area contributed by atoms with Crippen LogP contribution >= 0.6 is 0 Å². The number of ketones is 1. The number of aromatic nitrogens is 1. The number of methoxy groups -OCH3 is 2. The molecular weight excluding hydrogens is 402 g/mol. The largest absolute Gasteiger partial charge is 0.497 e. The average molecular weight is 428 g/mol. The topological polar surface area (TPSA) is 72.5 Å². The number of Topliss-reactive ketones (excluding diaryl/α,β-unsaturated/α-hetero) is 1. The highest BCUT2D eigenvalue weighted by molar-refractivity contribution is 6.01. The molecule has 1 aliphatic heterocycles. The van der Waals surface area contributed by atoms with Gasteiger partial charge in [-0.2, -0.15) is 0 Å². The molecule has 1 aromatic heterocycles. The fraction of sp³-hybridized carbons (Fsp3) is 0.231. The molecule has 2 heterocycles. The van der Waals surface area contributed by atoms with E-state index in [4.69, 9.17) is 9.47 Å². The fourth-order valence-electron chi connectivity index (χ4n) is 4.67. The van der Waals surface area contributed by atoms with Gasteiger partial charge in [-0.1, -0.05) is 18.2 Å². The van der Waals surface area contributed by atoms with Gasteiger partial charge in [0.1, 0.15) is 11.5 Å². The summed E-state index contributed by atoms with van der Waals surface area (Å²) < 4.78 is 11.1. The van der Waals surface area contributed by atoms with Gasteiger partial charge in [0.2, 0.25) is 0 Å². The lowest BCUT2D eigenvalue weighted by molar-refractivity contribution is -0.116. The third kappa shape index (κ3) is 3.58. The second-order valence-corrected chi connectivity index (χ2v) is 8.06. The van der Waals surface area contributed by atoms with E-state index in [1.165, 1.54) is 0 Å². The number of nitrogens with one attached hydrogen (secondary N) is 2. The minimum atomic E-state index is -0.268. The summed E-state index contributed by atoms with van der Waals surface area (Å²) in [5, 5.41) is 7.14. The normalized spacial score (nSPS) is 19.8. The first-order chi connectivity index (χ1) is 15.7. The van der Waals surface area contributed by atoms with Crippen LogP contribution in [0.5, 0.6) is 11.5 Å². The number of ether oxygens (including phenoxy) is 2. The van der Waals surface area contributed by atoms with E-state index in [2.05, 4.69) is 15.6 Å². The van der Waals surface area contributed by atoms with Gasteiger partial charge in [0.05, 0.1) is 31.6 Å². The lowest BCUT2D eigenvalue weighted by atomic mass is 9.78. The van der Waals surface area contributed by atoms with Gasteiger partial charge in [-0.05, 0) is 48.4 Å². The zero-order valence-corrected chi connectivity index (χ0v) is 18.1. The SMILES string of the molecule is COc1ccc(OC)c([C@H]2CC(=O)C3=C(C2)Nc2ccccc2N[C@@H]3c2cccnc2)c1. The van der Waals surface area contributed by atoms with Crippen molar-refractivity contribution >= 4 is 17.2 Å². The standard InChI is InChI=1S/C26H25N3O3/c1-31-18-9-10-24(32-2)19(14-18)17-12-22-25(23(30)13-17)26(16-6-5-11-27-15-16)29-21-8-4-3-7-20(21)28-22/h3-11,14-15,17,26,28-29H,12-13H2,1-2H3/t17-,26-/m1/s1. The fourth-order valence-corrected chi connectivity index (χ4v) is 4.67. The van der Waals surface area contributed by atoms with Crippen molar-refractivity contribution in [3.8, 4) is 11.5 Å². The van der Waals surface area contributed by atoms with Crippen molar-refractivity contribution in [3.05, 3.63) is 89.4 Å². The van der Waals surface area contributed by atoms with Gasteiger partial charge in [0.25, 0.3) is 0 Å². The number of para-hydroxylation sites is 2. The van der Waals surface area contributed by atoms with E-state index in [0.717, 1.165) is 45.3 Å². The Labute approximate surface area is 187 Å². The van der Waals surface area contributed by atoms with Crippen LogP contribution in [0.1, 0.15) is 35.9 Å². The van der Waals surface area contributed by atoms with E-state index in [9.17, 15) is 4.79 Å². The van der Waals surface area contributed by atoms with Crippen LogP contribution in [0.3, 0.4) is 0 Å². The molecule has 2 aliphatic rings. The summed E-state index contributed by atoms with van der Waals surface area (Å²) in [5.41, 5.74) is 5.56. The molecule has 2 aromatic carbocycles. The van der Waals surface area contributed by atoms with Gasteiger partial charge in [-0.15, -0.1) is 0 Å². The molecule has 0 radical (unpaired) electrons. The third-order valence-corrected chi connectivity index (χ3v) is 6.20. The molecule has 0 amide bonds. The summed E-state index contributed by atoms with van der Waals surface area (Å²) in [4.78, 5) is 17.9. The molecule has 0 saturated carbocycles. The second-order valence-electron chi connectivity index (χ2n) is 8.06. The Hall–Kier alpha value is -3.80. The van der Waals surface area contributed by atoms with Crippen molar-refractivity contribution in [1.82, 2.24) is 4.98 Å². The molecule has 0 fully saturated rings. The Morgan fingerprint density at radius 1 is 0.969 bits per heavy atom. The van der Waals surface area contributed by atoms with Gasteiger partial charge in [-0.25, -0.2) is 0 Å². The van der Waals surface area contributed by atoms with Gasteiger partial charge >= 0.3 is 0 Å².